The smallest absolute Gasteiger partial charge is 0.276 e. The van der Waals surface area contributed by atoms with Crippen LogP contribution in [0.4, 0.5) is 0 Å². The number of piperidine rings is 1. The number of nitrogens with one attached hydrogen (secondary N) is 1. The van der Waals surface area contributed by atoms with E-state index < -0.39 is 0 Å². The molecule has 1 amide bonds. The third kappa shape index (κ3) is 3.60. The Kier molecular flexibility index (Phi) is 6.20. The highest BCUT2D eigenvalue weighted by molar-refractivity contribution is 5.93. The fraction of sp³-hybridized carbons (Fsp3) is 0.800. The monoisotopic (exact) mass is 327 g/mol. The Labute approximate surface area is 138 Å². The molecule has 124 valence electrons. The summed E-state index contributed by atoms with van der Waals surface area (Å²) in [6.07, 6.45) is 6.78. The topological polar surface area (TPSA) is 63.1 Å². The highest BCUT2D eigenvalue weighted by Crippen LogP contribution is 2.21. The van der Waals surface area contributed by atoms with Crippen LogP contribution in [0.2, 0.25) is 0 Å². The molecule has 0 bridgehead atoms. The Morgan fingerprint density at radius 3 is 2.41 bits per heavy atom. The lowest BCUT2D eigenvalue weighted by Crippen LogP contribution is -2.33. The van der Waals surface area contributed by atoms with E-state index in [4.69, 9.17) is 0 Å². The molecule has 3 heterocycles. The lowest BCUT2D eigenvalue weighted by molar-refractivity contribution is 0.0755. The number of halogens is 1. The molecule has 7 heteroatoms. The van der Waals surface area contributed by atoms with Crippen LogP contribution in [0.5, 0.6) is 0 Å². The van der Waals surface area contributed by atoms with Gasteiger partial charge in [0, 0.05) is 13.1 Å². The summed E-state index contributed by atoms with van der Waals surface area (Å²) in [6, 6.07) is 0.379. The minimum absolute atomic E-state index is 0. The zero-order valence-corrected chi connectivity index (χ0v) is 14.1. The van der Waals surface area contributed by atoms with Crippen molar-refractivity contribution in [1.82, 2.24) is 25.2 Å². The molecule has 2 aliphatic rings. The molecule has 0 unspecified atom stereocenters. The van der Waals surface area contributed by atoms with Crippen molar-refractivity contribution in [2.24, 2.45) is 0 Å². The molecule has 2 aliphatic heterocycles. The molecule has 6 nitrogen and oxygen atoms in total. The fourth-order valence-electron chi connectivity index (χ4n) is 3.36. The van der Waals surface area contributed by atoms with Gasteiger partial charge in [-0.1, -0.05) is 18.1 Å². The molecule has 2 saturated heterocycles. The summed E-state index contributed by atoms with van der Waals surface area (Å²) in [7, 11) is 0. The second-order valence-electron chi connectivity index (χ2n) is 6.16. The van der Waals surface area contributed by atoms with E-state index in [1.54, 1.807) is 0 Å². The van der Waals surface area contributed by atoms with Crippen molar-refractivity contribution in [3.63, 3.8) is 0 Å². The molecule has 2 fully saturated rings. The summed E-state index contributed by atoms with van der Waals surface area (Å²) < 4.78 is 1.96. The molecule has 1 aromatic rings. The van der Waals surface area contributed by atoms with E-state index in [0.29, 0.717) is 11.7 Å². The summed E-state index contributed by atoms with van der Waals surface area (Å²) in [5.41, 5.74) is 1.48. The van der Waals surface area contributed by atoms with E-state index in [9.17, 15) is 4.79 Å². The van der Waals surface area contributed by atoms with Gasteiger partial charge in [-0.2, -0.15) is 0 Å². The van der Waals surface area contributed by atoms with Crippen LogP contribution >= 0.6 is 12.4 Å². The summed E-state index contributed by atoms with van der Waals surface area (Å²) in [4.78, 5) is 14.6. The maximum Gasteiger partial charge on any atom is 0.276 e. The Bertz CT molecular complexity index is 490. The largest absolute Gasteiger partial charge is 0.337 e. The number of nitrogens with zero attached hydrogens (tertiary/aromatic N) is 4. The van der Waals surface area contributed by atoms with Crippen LogP contribution in [-0.4, -0.2) is 52.0 Å². The zero-order valence-electron chi connectivity index (χ0n) is 13.3. The molecule has 1 N–H and O–H groups in total. The summed E-state index contributed by atoms with van der Waals surface area (Å²) >= 11 is 0. The van der Waals surface area contributed by atoms with E-state index in [0.717, 1.165) is 57.6 Å². The fourth-order valence-corrected chi connectivity index (χ4v) is 3.36. The van der Waals surface area contributed by atoms with E-state index in [1.165, 1.54) is 12.8 Å². The highest BCUT2D eigenvalue weighted by atomic mass is 35.5. The van der Waals surface area contributed by atoms with Crippen LogP contribution in [-0.2, 0) is 0 Å². The first-order valence-electron chi connectivity index (χ1n) is 8.19. The van der Waals surface area contributed by atoms with Crippen LogP contribution in [0.1, 0.15) is 60.7 Å². The molecule has 0 aromatic carbocycles. The number of hydrogen-bond acceptors (Lipinski definition) is 4. The van der Waals surface area contributed by atoms with Crippen LogP contribution in [0, 0.1) is 6.92 Å². The minimum Gasteiger partial charge on any atom is -0.337 e. The van der Waals surface area contributed by atoms with E-state index in [2.05, 4.69) is 15.6 Å². The van der Waals surface area contributed by atoms with Gasteiger partial charge in [0.2, 0.25) is 0 Å². The molecular formula is C15H26ClN5O. The Morgan fingerprint density at radius 2 is 1.77 bits per heavy atom. The molecule has 1 aromatic heterocycles. The number of carbonyl (C=O) groups excluding carboxylic acids is 1. The third-order valence-electron chi connectivity index (χ3n) is 4.68. The second kappa shape index (κ2) is 7.92. The Hall–Kier alpha value is -1.14. The van der Waals surface area contributed by atoms with Crippen molar-refractivity contribution in [3.05, 3.63) is 11.4 Å². The molecule has 0 spiro atoms. The first-order chi connectivity index (χ1) is 10.3. The predicted molar refractivity (Wildman–Crippen MR) is 87.5 cm³/mol. The van der Waals surface area contributed by atoms with Crippen LogP contribution in [0.25, 0.3) is 0 Å². The van der Waals surface area contributed by atoms with Gasteiger partial charge in [-0.15, -0.1) is 17.5 Å². The van der Waals surface area contributed by atoms with Crippen LogP contribution in [0.3, 0.4) is 0 Å². The SMILES string of the molecule is Cc1c(C(=O)N2CCCCCC2)nnn1C1CCNCC1.Cl. The number of amides is 1. The number of hydrogen-bond donors (Lipinski definition) is 1. The average molecular weight is 328 g/mol. The lowest BCUT2D eigenvalue weighted by Gasteiger charge is -2.23. The highest BCUT2D eigenvalue weighted by Gasteiger charge is 2.26. The van der Waals surface area contributed by atoms with Gasteiger partial charge in [-0.25, -0.2) is 4.68 Å². The van der Waals surface area contributed by atoms with Crippen LogP contribution in [0.15, 0.2) is 0 Å². The van der Waals surface area contributed by atoms with Crippen LogP contribution < -0.4 is 5.32 Å². The van der Waals surface area contributed by atoms with E-state index in [1.807, 2.05) is 16.5 Å². The van der Waals surface area contributed by atoms with Gasteiger partial charge in [-0.05, 0) is 45.7 Å². The second-order valence-corrected chi connectivity index (χ2v) is 6.16. The quantitative estimate of drug-likeness (QED) is 0.901. The maximum absolute atomic E-state index is 12.7. The summed E-state index contributed by atoms with van der Waals surface area (Å²) in [5, 5.41) is 11.8. The standard InChI is InChI=1S/C15H25N5O.ClH/c1-12-14(15(21)19-10-4-2-3-5-11-19)17-18-20(12)13-6-8-16-9-7-13;/h13,16H,2-11H2,1H3;1H. The maximum atomic E-state index is 12.7. The van der Waals surface area contributed by atoms with E-state index >= 15 is 0 Å². The Balaban J connectivity index is 0.00000176. The van der Waals surface area contributed by atoms with Gasteiger partial charge in [-0.3, -0.25) is 4.79 Å². The summed E-state index contributed by atoms with van der Waals surface area (Å²) in [5.74, 6) is 0.0644. The van der Waals surface area contributed by atoms with Crippen molar-refractivity contribution >= 4 is 18.3 Å². The van der Waals surface area contributed by atoms with E-state index in [-0.39, 0.29) is 18.3 Å². The minimum atomic E-state index is 0. The molecule has 0 saturated carbocycles. The van der Waals surface area contributed by atoms with Gasteiger partial charge in [0.1, 0.15) is 0 Å². The lowest BCUT2D eigenvalue weighted by atomic mass is 10.1. The first-order valence-corrected chi connectivity index (χ1v) is 8.19. The molecule has 0 aliphatic carbocycles. The normalized spacial score (nSPS) is 20.3. The van der Waals surface area contributed by atoms with Crippen molar-refractivity contribution in [3.8, 4) is 0 Å². The van der Waals surface area contributed by atoms with Gasteiger partial charge >= 0.3 is 0 Å². The van der Waals surface area contributed by atoms with Crippen molar-refractivity contribution in [1.29, 1.82) is 0 Å². The van der Waals surface area contributed by atoms with Gasteiger partial charge in [0.05, 0.1) is 11.7 Å². The van der Waals surface area contributed by atoms with Gasteiger partial charge in [0.15, 0.2) is 5.69 Å². The average Bonchev–Trinajstić information content (AvgIpc) is 2.74. The zero-order chi connectivity index (χ0) is 14.7. The van der Waals surface area contributed by atoms with Crippen molar-refractivity contribution in [2.45, 2.75) is 51.5 Å². The van der Waals surface area contributed by atoms with Crippen molar-refractivity contribution < 1.29 is 4.79 Å². The third-order valence-corrected chi connectivity index (χ3v) is 4.68. The first kappa shape index (κ1) is 17.2. The number of rotatable bonds is 2. The number of carbonyl (C=O) groups is 1. The number of aromatic nitrogens is 3. The Morgan fingerprint density at radius 1 is 1.14 bits per heavy atom. The number of likely N-dealkylation sites (tertiary alicyclic amines) is 1. The molecule has 0 atom stereocenters. The van der Waals surface area contributed by atoms with Gasteiger partial charge in [0.25, 0.3) is 5.91 Å². The molecule has 22 heavy (non-hydrogen) atoms. The van der Waals surface area contributed by atoms with Gasteiger partial charge < -0.3 is 10.2 Å². The molecule has 0 radical (unpaired) electrons. The summed E-state index contributed by atoms with van der Waals surface area (Å²) in [6.45, 7) is 5.72. The molecule has 3 rings (SSSR count). The van der Waals surface area contributed by atoms with Crippen molar-refractivity contribution in [2.75, 3.05) is 26.2 Å². The molecular weight excluding hydrogens is 302 g/mol. The predicted octanol–water partition coefficient (Wildman–Crippen LogP) is 1.95.